The Labute approximate surface area is 203 Å². The first-order valence-corrected chi connectivity index (χ1v) is 12.6. The first-order chi connectivity index (χ1) is 16.0. The quantitative estimate of drug-likeness (QED) is 0.266. The summed E-state index contributed by atoms with van der Waals surface area (Å²) >= 11 is 1.45. The number of carbonyl (C=O) groups excluding carboxylic acids is 3. The van der Waals surface area contributed by atoms with Crippen molar-refractivity contribution in [2.24, 2.45) is 17.6 Å². The summed E-state index contributed by atoms with van der Waals surface area (Å²) < 4.78 is 0. The lowest BCUT2D eigenvalue weighted by Crippen LogP contribution is -2.66. The van der Waals surface area contributed by atoms with Crippen LogP contribution in [0, 0.1) is 11.8 Å². The number of β-lactam (4-membered cyclic amide) rings is 1. The summed E-state index contributed by atoms with van der Waals surface area (Å²) in [7, 11) is 3.42. The highest BCUT2D eigenvalue weighted by molar-refractivity contribution is 8.03. The number of amides is 3. The summed E-state index contributed by atoms with van der Waals surface area (Å²) in [5.74, 6) is -2.27. The van der Waals surface area contributed by atoms with E-state index in [4.69, 9.17) is 5.73 Å². The Kier molecular flexibility index (Phi) is 6.96. The molecule has 3 fully saturated rings. The van der Waals surface area contributed by atoms with E-state index in [1.54, 1.807) is 25.9 Å². The number of nitrogens with two attached hydrogens (primary N) is 1. The van der Waals surface area contributed by atoms with Crippen LogP contribution >= 0.6 is 11.8 Å². The van der Waals surface area contributed by atoms with Crippen LogP contribution < -0.4 is 21.7 Å². The number of likely N-dealkylation sites (N-methyl/N-ethyl adjacent to an activating group) is 1. The monoisotopic (exact) mass is 494 g/mol. The molecule has 8 atom stereocenters. The number of nitrogens with zero attached hydrogens (tertiary/aromatic N) is 2. The first-order valence-electron chi connectivity index (χ1n) is 11.7. The highest BCUT2D eigenvalue weighted by Crippen LogP contribution is 2.51. The van der Waals surface area contributed by atoms with Gasteiger partial charge in [0.1, 0.15) is 5.70 Å². The molecule has 0 spiro atoms. The predicted octanol–water partition coefficient (Wildman–Crippen LogP) is -1.49. The van der Waals surface area contributed by atoms with Crippen molar-refractivity contribution in [1.82, 2.24) is 25.8 Å². The number of nitrogens with one attached hydrogen (secondary N) is 3. The zero-order valence-corrected chi connectivity index (χ0v) is 20.7. The van der Waals surface area contributed by atoms with Gasteiger partial charge in [0.15, 0.2) is 0 Å². The van der Waals surface area contributed by atoms with Gasteiger partial charge in [0, 0.05) is 55.3 Å². The van der Waals surface area contributed by atoms with Crippen LogP contribution in [-0.4, -0.2) is 101 Å². The summed E-state index contributed by atoms with van der Waals surface area (Å²) in [5.41, 5.74) is 5.91. The number of fused-ring (bicyclic) bond motifs is 1. The van der Waals surface area contributed by atoms with Gasteiger partial charge in [0.25, 0.3) is 0 Å². The lowest BCUT2D eigenvalue weighted by Gasteiger charge is -2.47. The van der Waals surface area contributed by atoms with Crippen LogP contribution in [0.5, 0.6) is 0 Å². The lowest BCUT2D eigenvalue weighted by atomic mass is 9.78. The van der Waals surface area contributed by atoms with Crippen molar-refractivity contribution in [2.45, 2.75) is 62.1 Å². The summed E-state index contributed by atoms with van der Waals surface area (Å²) in [4.78, 5) is 53.7. The van der Waals surface area contributed by atoms with Crippen LogP contribution in [0.15, 0.2) is 10.6 Å². The second-order valence-electron chi connectivity index (χ2n) is 9.95. The number of hydrogen-bond donors (Lipinski definition) is 5. The summed E-state index contributed by atoms with van der Waals surface area (Å²) in [6.07, 6.45) is 1.14. The molecule has 0 radical (unpaired) electrons. The van der Waals surface area contributed by atoms with E-state index >= 15 is 0 Å². The van der Waals surface area contributed by atoms with Crippen LogP contribution in [0.4, 0.5) is 0 Å². The summed E-state index contributed by atoms with van der Waals surface area (Å²) in [5, 5.41) is 19.2. The maximum absolute atomic E-state index is 13.1. The van der Waals surface area contributed by atoms with Crippen molar-refractivity contribution in [1.29, 1.82) is 0 Å². The van der Waals surface area contributed by atoms with E-state index in [9.17, 15) is 24.3 Å². The smallest absolute Gasteiger partial charge is 0.353 e. The normalized spacial score (nSPS) is 35.7. The molecule has 0 unspecified atom stereocenters. The van der Waals surface area contributed by atoms with Gasteiger partial charge in [-0.3, -0.25) is 14.4 Å². The third-order valence-corrected chi connectivity index (χ3v) is 8.82. The number of rotatable bonds is 7. The van der Waals surface area contributed by atoms with Gasteiger partial charge < -0.3 is 36.6 Å². The van der Waals surface area contributed by atoms with Gasteiger partial charge in [-0.05, 0) is 19.8 Å². The van der Waals surface area contributed by atoms with Crippen LogP contribution in [0.1, 0.15) is 26.7 Å². The van der Waals surface area contributed by atoms with E-state index in [0.29, 0.717) is 30.8 Å². The molecule has 11 nitrogen and oxygen atoms in total. The topological polar surface area (TPSA) is 157 Å². The Morgan fingerprint density at radius 2 is 1.88 bits per heavy atom. The molecule has 0 aromatic carbocycles. The van der Waals surface area contributed by atoms with E-state index in [-0.39, 0.29) is 58.8 Å². The molecule has 3 amide bonds. The summed E-state index contributed by atoms with van der Waals surface area (Å²) in [6.45, 7) is 4.89. The van der Waals surface area contributed by atoms with E-state index in [1.165, 1.54) is 16.7 Å². The zero-order chi connectivity index (χ0) is 24.9. The van der Waals surface area contributed by atoms with Gasteiger partial charge in [0.05, 0.1) is 24.0 Å². The Bertz CT molecular complexity index is 925. The molecule has 4 heterocycles. The fraction of sp³-hybridized carbons (Fsp3) is 0.727. The number of hydrogen-bond acceptors (Lipinski definition) is 8. The largest absolute Gasteiger partial charge is 0.477 e. The molecule has 0 aromatic rings. The SMILES string of the molecule is C[C@@H](NC(=O)[C@H]1C[C@H](N)CN1)[C@H]1C(=O)N2C(C(=O)O)=C(S[C@@H]3CN[C@H](C(=O)N(C)C)C3)[C@H](C)[C@H]12. The molecule has 188 valence electrons. The van der Waals surface area contributed by atoms with Crippen LogP contribution in [0.25, 0.3) is 0 Å². The minimum atomic E-state index is -1.13. The second kappa shape index (κ2) is 9.48. The third kappa shape index (κ3) is 4.32. The second-order valence-corrected chi connectivity index (χ2v) is 11.3. The number of carbonyl (C=O) groups is 4. The van der Waals surface area contributed by atoms with Crippen LogP contribution in [-0.2, 0) is 19.2 Å². The predicted molar refractivity (Wildman–Crippen MR) is 126 cm³/mol. The first kappa shape index (κ1) is 25.0. The average Bonchev–Trinajstić information content (AvgIpc) is 3.46. The molecule has 0 bridgehead atoms. The number of thioether (sulfide) groups is 1. The van der Waals surface area contributed by atoms with Crippen molar-refractivity contribution in [2.75, 3.05) is 27.2 Å². The third-order valence-electron chi connectivity index (χ3n) is 7.30. The van der Waals surface area contributed by atoms with Crippen LogP contribution in [0.3, 0.4) is 0 Å². The standard InChI is InChI=1S/C22H34N6O5S/c1-9-16-15(10(2)26-19(29)13-5-11(23)7-24-13)21(31)28(16)17(22(32)33)18(9)34-12-6-14(25-8-12)20(30)27(3)4/h9-16,24-25H,5-8,23H2,1-4H3,(H,26,29)(H,32,33)/t9-,10-,11+,12+,13-,14+,15-,16-/m1/s1. The van der Waals surface area contributed by atoms with E-state index in [0.717, 1.165) is 0 Å². The fourth-order valence-corrected chi connectivity index (χ4v) is 7.03. The molecular weight excluding hydrogens is 460 g/mol. The van der Waals surface area contributed by atoms with Gasteiger partial charge in [-0.25, -0.2) is 4.79 Å². The zero-order valence-electron chi connectivity index (χ0n) is 19.9. The molecule has 0 aliphatic carbocycles. The van der Waals surface area contributed by atoms with Crippen molar-refractivity contribution < 1.29 is 24.3 Å². The van der Waals surface area contributed by atoms with E-state index in [1.807, 2.05) is 6.92 Å². The van der Waals surface area contributed by atoms with Gasteiger partial charge in [-0.1, -0.05) is 6.92 Å². The van der Waals surface area contributed by atoms with Crippen molar-refractivity contribution in [3.63, 3.8) is 0 Å². The molecule has 4 rings (SSSR count). The minimum absolute atomic E-state index is 0.00338. The lowest BCUT2D eigenvalue weighted by molar-refractivity contribution is -0.158. The van der Waals surface area contributed by atoms with Gasteiger partial charge in [-0.15, -0.1) is 11.8 Å². The molecule has 0 saturated carbocycles. The molecule has 0 aromatic heterocycles. The number of carboxylic acid groups (broad SMARTS) is 1. The number of aliphatic carboxylic acids is 1. The maximum Gasteiger partial charge on any atom is 0.353 e. The molecule has 4 aliphatic heterocycles. The molecule has 34 heavy (non-hydrogen) atoms. The fourth-order valence-electron chi connectivity index (χ4n) is 5.55. The van der Waals surface area contributed by atoms with E-state index < -0.39 is 17.9 Å². The average molecular weight is 495 g/mol. The Hall–Kier alpha value is -2.15. The van der Waals surface area contributed by atoms with Gasteiger partial charge in [-0.2, -0.15) is 0 Å². The van der Waals surface area contributed by atoms with Gasteiger partial charge in [0.2, 0.25) is 17.7 Å². The Morgan fingerprint density at radius 1 is 1.21 bits per heavy atom. The number of carboxylic acids is 1. The van der Waals surface area contributed by atoms with Crippen molar-refractivity contribution in [3.8, 4) is 0 Å². The maximum atomic E-state index is 13.1. The summed E-state index contributed by atoms with van der Waals surface area (Å²) in [6, 6.07) is -1.49. The van der Waals surface area contributed by atoms with Crippen molar-refractivity contribution in [3.05, 3.63) is 10.6 Å². The Balaban J connectivity index is 1.44. The van der Waals surface area contributed by atoms with E-state index in [2.05, 4.69) is 16.0 Å². The molecule has 6 N–H and O–H groups in total. The minimum Gasteiger partial charge on any atom is -0.477 e. The van der Waals surface area contributed by atoms with Gasteiger partial charge >= 0.3 is 5.97 Å². The molecule has 12 heteroatoms. The molecule has 3 saturated heterocycles. The highest BCUT2D eigenvalue weighted by atomic mass is 32.2. The molecular formula is C22H34N6O5S. The molecule has 4 aliphatic rings. The highest BCUT2D eigenvalue weighted by Gasteiger charge is 2.60. The van der Waals surface area contributed by atoms with Crippen molar-refractivity contribution >= 4 is 35.5 Å². The van der Waals surface area contributed by atoms with Crippen LogP contribution in [0.2, 0.25) is 0 Å². The Morgan fingerprint density at radius 3 is 2.47 bits per heavy atom.